The van der Waals surface area contributed by atoms with Gasteiger partial charge in [0.2, 0.25) is 5.91 Å². The van der Waals surface area contributed by atoms with Crippen LogP contribution in [0.3, 0.4) is 0 Å². The number of hydrogen-bond donors (Lipinski definition) is 2. The van der Waals surface area contributed by atoms with Crippen LogP contribution in [0.4, 0.5) is 5.69 Å². The van der Waals surface area contributed by atoms with E-state index >= 15 is 0 Å². The fraction of sp³-hybridized carbons (Fsp3) is 0.462. The molecule has 1 unspecified atom stereocenters. The number of rotatable bonds is 3. The molecule has 0 aromatic heterocycles. The molecule has 2 rings (SSSR count). The Balaban J connectivity index is 2.11. The van der Waals surface area contributed by atoms with Crippen molar-refractivity contribution in [1.82, 2.24) is 5.32 Å². The topological polar surface area (TPSA) is 50.4 Å². The van der Waals surface area contributed by atoms with Crippen LogP contribution < -0.4 is 15.4 Å². The first kappa shape index (κ1) is 14.8. The highest BCUT2D eigenvalue weighted by molar-refractivity contribution is 9.11. The zero-order chi connectivity index (χ0) is 13.8. The van der Waals surface area contributed by atoms with Crippen LogP contribution in [0.2, 0.25) is 0 Å². The van der Waals surface area contributed by atoms with Gasteiger partial charge in [-0.2, -0.15) is 0 Å². The van der Waals surface area contributed by atoms with E-state index in [1.165, 1.54) is 0 Å². The summed E-state index contributed by atoms with van der Waals surface area (Å²) in [7, 11) is 1.60. The molecule has 1 aromatic rings. The van der Waals surface area contributed by atoms with Gasteiger partial charge in [-0.3, -0.25) is 4.79 Å². The largest absolute Gasteiger partial charge is 0.495 e. The minimum Gasteiger partial charge on any atom is -0.495 e. The number of benzene rings is 1. The fourth-order valence-corrected chi connectivity index (χ4v) is 3.33. The van der Waals surface area contributed by atoms with Crippen LogP contribution >= 0.6 is 31.9 Å². The number of anilines is 1. The standard InChI is InChI=1S/C13H16Br2N2O2/c1-19-12-7-11(8(14)6-9(12)15)17-13(18)10-4-2-3-5-16-10/h6-7,10,16H,2-5H2,1H3,(H,17,18). The zero-order valence-electron chi connectivity index (χ0n) is 10.6. The minimum atomic E-state index is -0.102. The Kier molecular flexibility index (Phi) is 5.24. The minimum absolute atomic E-state index is 0.00442. The van der Waals surface area contributed by atoms with E-state index in [1.54, 1.807) is 13.2 Å². The van der Waals surface area contributed by atoms with Gasteiger partial charge in [-0.25, -0.2) is 0 Å². The molecule has 1 aromatic carbocycles. The van der Waals surface area contributed by atoms with E-state index in [1.807, 2.05) is 6.07 Å². The van der Waals surface area contributed by atoms with Gasteiger partial charge in [-0.05, 0) is 57.3 Å². The van der Waals surface area contributed by atoms with Crippen LogP contribution in [0.15, 0.2) is 21.1 Å². The monoisotopic (exact) mass is 390 g/mol. The van der Waals surface area contributed by atoms with Crippen molar-refractivity contribution in [2.75, 3.05) is 19.0 Å². The summed E-state index contributed by atoms with van der Waals surface area (Å²) >= 11 is 6.85. The second-order valence-corrected chi connectivity index (χ2v) is 6.17. The normalized spacial score (nSPS) is 19.0. The molecule has 4 nitrogen and oxygen atoms in total. The van der Waals surface area contributed by atoms with Gasteiger partial charge < -0.3 is 15.4 Å². The molecule has 104 valence electrons. The van der Waals surface area contributed by atoms with Crippen molar-refractivity contribution in [3.63, 3.8) is 0 Å². The van der Waals surface area contributed by atoms with Gasteiger partial charge >= 0.3 is 0 Å². The molecule has 6 heteroatoms. The van der Waals surface area contributed by atoms with Gasteiger partial charge in [-0.15, -0.1) is 0 Å². The van der Waals surface area contributed by atoms with Crippen LogP contribution in [0.25, 0.3) is 0 Å². The molecule has 1 fully saturated rings. The van der Waals surface area contributed by atoms with Gasteiger partial charge in [0.05, 0.1) is 23.3 Å². The number of carbonyl (C=O) groups excluding carboxylic acids is 1. The third-order valence-electron chi connectivity index (χ3n) is 3.13. The first-order valence-electron chi connectivity index (χ1n) is 6.19. The van der Waals surface area contributed by atoms with Crippen molar-refractivity contribution in [3.05, 3.63) is 21.1 Å². The summed E-state index contributed by atoms with van der Waals surface area (Å²) in [5, 5.41) is 6.16. The lowest BCUT2D eigenvalue weighted by Crippen LogP contribution is -2.43. The summed E-state index contributed by atoms with van der Waals surface area (Å²) in [5.41, 5.74) is 0.720. The molecular weight excluding hydrogens is 376 g/mol. The fourth-order valence-electron chi connectivity index (χ4n) is 2.08. The van der Waals surface area contributed by atoms with E-state index in [-0.39, 0.29) is 11.9 Å². The molecule has 1 aliphatic heterocycles. The van der Waals surface area contributed by atoms with Crippen LogP contribution in [0.5, 0.6) is 5.75 Å². The Morgan fingerprint density at radius 2 is 2.16 bits per heavy atom. The summed E-state index contributed by atoms with van der Waals surface area (Å²) in [5.74, 6) is 0.694. The molecule has 2 N–H and O–H groups in total. The van der Waals surface area contributed by atoms with E-state index in [4.69, 9.17) is 4.74 Å². The van der Waals surface area contributed by atoms with Crippen molar-refractivity contribution < 1.29 is 9.53 Å². The quantitative estimate of drug-likeness (QED) is 0.830. The van der Waals surface area contributed by atoms with Crippen LogP contribution in [-0.2, 0) is 4.79 Å². The molecule has 1 amide bonds. The Labute approximate surface area is 129 Å². The molecule has 0 saturated carbocycles. The maximum atomic E-state index is 12.2. The number of amides is 1. The van der Waals surface area contributed by atoms with Gasteiger partial charge in [0, 0.05) is 10.5 Å². The number of ether oxygens (including phenoxy) is 1. The highest BCUT2D eigenvalue weighted by Gasteiger charge is 2.21. The first-order chi connectivity index (χ1) is 9.11. The molecule has 1 aliphatic rings. The number of hydrogen-bond acceptors (Lipinski definition) is 3. The molecule has 0 radical (unpaired) electrons. The average molecular weight is 392 g/mol. The number of methoxy groups -OCH3 is 1. The predicted molar refractivity (Wildman–Crippen MR) is 82.7 cm³/mol. The van der Waals surface area contributed by atoms with E-state index < -0.39 is 0 Å². The lowest BCUT2D eigenvalue weighted by atomic mass is 10.0. The molecule has 0 spiro atoms. The van der Waals surface area contributed by atoms with Gasteiger partial charge in [-0.1, -0.05) is 6.42 Å². The van der Waals surface area contributed by atoms with E-state index in [9.17, 15) is 4.79 Å². The summed E-state index contributed by atoms with van der Waals surface area (Å²) in [6.45, 7) is 0.906. The SMILES string of the molecule is COc1cc(NC(=O)C2CCCCN2)c(Br)cc1Br. The second kappa shape index (κ2) is 6.72. The van der Waals surface area contributed by atoms with Crippen LogP contribution in [-0.4, -0.2) is 25.6 Å². The molecule has 19 heavy (non-hydrogen) atoms. The molecule has 1 heterocycles. The van der Waals surface area contributed by atoms with Gasteiger partial charge in [0.1, 0.15) is 5.75 Å². The van der Waals surface area contributed by atoms with Crippen LogP contribution in [0, 0.1) is 0 Å². The molecule has 0 bridgehead atoms. The predicted octanol–water partition coefficient (Wildman–Crippen LogP) is 3.30. The summed E-state index contributed by atoms with van der Waals surface area (Å²) < 4.78 is 6.90. The summed E-state index contributed by atoms with van der Waals surface area (Å²) in [4.78, 5) is 12.2. The Hall–Kier alpha value is -0.590. The van der Waals surface area contributed by atoms with E-state index in [2.05, 4.69) is 42.5 Å². The zero-order valence-corrected chi connectivity index (χ0v) is 13.8. The van der Waals surface area contributed by atoms with E-state index in [0.717, 1.165) is 40.4 Å². The number of halogens is 2. The Bertz CT molecular complexity index is 474. The van der Waals surface area contributed by atoms with Crippen LogP contribution in [0.1, 0.15) is 19.3 Å². The van der Waals surface area contributed by atoms with Crippen molar-refractivity contribution >= 4 is 43.5 Å². The summed E-state index contributed by atoms with van der Waals surface area (Å²) in [6, 6.07) is 3.56. The smallest absolute Gasteiger partial charge is 0.241 e. The highest BCUT2D eigenvalue weighted by atomic mass is 79.9. The lowest BCUT2D eigenvalue weighted by Gasteiger charge is -2.23. The van der Waals surface area contributed by atoms with Gasteiger partial charge in [0.25, 0.3) is 0 Å². The first-order valence-corrected chi connectivity index (χ1v) is 7.77. The molecule has 1 saturated heterocycles. The molecule has 0 aliphatic carbocycles. The Morgan fingerprint density at radius 3 is 2.79 bits per heavy atom. The van der Waals surface area contributed by atoms with Crippen molar-refractivity contribution in [1.29, 1.82) is 0 Å². The van der Waals surface area contributed by atoms with Crippen molar-refractivity contribution in [3.8, 4) is 5.75 Å². The maximum Gasteiger partial charge on any atom is 0.241 e. The van der Waals surface area contributed by atoms with Crippen molar-refractivity contribution in [2.24, 2.45) is 0 Å². The third kappa shape index (κ3) is 3.70. The highest BCUT2D eigenvalue weighted by Crippen LogP contribution is 2.34. The average Bonchev–Trinajstić information content (AvgIpc) is 2.42. The number of nitrogens with one attached hydrogen (secondary N) is 2. The number of piperidine rings is 1. The maximum absolute atomic E-state index is 12.2. The third-order valence-corrected chi connectivity index (χ3v) is 4.40. The van der Waals surface area contributed by atoms with Gasteiger partial charge in [0.15, 0.2) is 0 Å². The molecular formula is C13H16Br2N2O2. The summed E-state index contributed by atoms with van der Waals surface area (Å²) in [6.07, 6.45) is 3.12. The van der Waals surface area contributed by atoms with E-state index in [0.29, 0.717) is 5.75 Å². The second-order valence-electron chi connectivity index (χ2n) is 4.46. The Morgan fingerprint density at radius 1 is 1.37 bits per heavy atom. The van der Waals surface area contributed by atoms with Crippen molar-refractivity contribution in [2.45, 2.75) is 25.3 Å². The lowest BCUT2D eigenvalue weighted by molar-refractivity contribution is -0.118. The number of carbonyl (C=O) groups is 1. The molecule has 1 atom stereocenters.